The molecule has 1 unspecified atom stereocenters. The van der Waals surface area contributed by atoms with Gasteiger partial charge in [0.05, 0.1) is 6.61 Å². The third-order valence-electron chi connectivity index (χ3n) is 2.02. The highest BCUT2D eigenvalue weighted by atomic mass is 32.2. The number of aromatic nitrogens is 2. The predicted octanol–water partition coefficient (Wildman–Crippen LogP) is 1.36. The van der Waals surface area contributed by atoms with Crippen LogP contribution >= 0.6 is 0 Å². The first-order valence-electron chi connectivity index (χ1n) is 5.64. The molecular weight excluding hydrogens is 238 g/mol. The summed E-state index contributed by atoms with van der Waals surface area (Å²) < 4.78 is 16.2. The summed E-state index contributed by atoms with van der Waals surface area (Å²) in [4.78, 5) is 8.41. The van der Waals surface area contributed by atoms with E-state index in [9.17, 15) is 4.21 Å². The van der Waals surface area contributed by atoms with Gasteiger partial charge in [0.15, 0.2) is 0 Å². The van der Waals surface area contributed by atoms with Crippen LogP contribution in [-0.2, 0) is 10.8 Å². The van der Waals surface area contributed by atoms with Crippen molar-refractivity contribution in [3.63, 3.8) is 0 Å². The van der Waals surface area contributed by atoms with Crippen LogP contribution in [0.15, 0.2) is 6.07 Å². The van der Waals surface area contributed by atoms with Gasteiger partial charge in [-0.1, -0.05) is 0 Å². The molecule has 0 aromatic carbocycles. The third kappa shape index (κ3) is 5.63. The Bertz CT molecular complexity index is 385. The SMILES string of the molecule is CCOc1cc(NCCCS(C)=O)nc(C)n1. The van der Waals surface area contributed by atoms with Gasteiger partial charge >= 0.3 is 0 Å². The van der Waals surface area contributed by atoms with Crippen LogP contribution in [0.3, 0.4) is 0 Å². The lowest BCUT2D eigenvalue weighted by molar-refractivity contribution is 0.325. The molecule has 0 spiro atoms. The van der Waals surface area contributed by atoms with Crippen LogP contribution in [0.5, 0.6) is 5.88 Å². The minimum atomic E-state index is -0.733. The lowest BCUT2D eigenvalue weighted by Gasteiger charge is -2.08. The third-order valence-corrected chi connectivity index (χ3v) is 2.88. The van der Waals surface area contributed by atoms with Crippen molar-refractivity contribution < 1.29 is 8.95 Å². The molecule has 17 heavy (non-hydrogen) atoms. The average Bonchev–Trinajstić information content (AvgIpc) is 2.24. The van der Waals surface area contributed by atoms with E-state index >= 15 is 0 Å². The molecule has 1 heterocycles. The van der Waals surface area contributed by atoms with E-state index in [1.54, 1.807) is 12.3 Å². The zero-order valence-corrected chi connectivity index (χ0v) is 11.3. The largest absolute Gasteiger partial charge is 0.478 e. The number of nitrogens with zero attached hydrogens (tertiary/aromatic N) is 2. The molecular formula is C11H19N3O2S. The summed E-state index contributed by atoms with van der Waals surface area (Å²) in [6.07, 6.45) is 2.57. The fourth-order valence-corrected chi connectivity index (χ4v) is 1.90. The summed E-state index contributed by atoms with van der Waals surface area (Å²) in [6.45, 7) is 5.09. The molecule has 5 nitrogen and oxygen atoms in total. The molecule has 0 amide bonds. The van der Waals surface area contributed by atoms with E-state index in [1.165, 1.54) is 0 Å². The minimum absolute atomic E-state index is 0.585. The van der Waals surface area contributed by atoms with E-state index in [0.717, 1.165) is 18.8 Å². The highest BCUT2D eigenvalue weighted by Crippen LogP contribution is 2.13. The molecule has 96 valence electrons. The zero-order chi connectivity index (χ0) is 12.7. The first kappa shape index (κ1) is 13.9. The van der Waals surface area contributed by atoms with E-state index < -0.39 is 10.8 Å². The molecule has 1 aromatic heterocycles. The Hall–Kier alpha value is -1.17. The second kappa shape index (κ2) is 7.21. The smallest absolute Gasteiger partial charge is 0.218 e. The minimum Gasteiger partial charge on any atom is -0.478 e. The van der Waals surface area contributed by atoms with Crippen molar-refractivity contribution in [3.05, 3.63) is 11.9 Å². The van der Waals surface area contributed by atoms with Crippen LogP contribution in [-0.4, -0.2) is 39.3 Å². The van der Waals surface area contributed by atoms with Gasteiger partial charge in [-0.05, 0) is 20.3 Å². The van der Waals surface area contributed by atoms with Crippen LogP contribution in [0.2, 0.25) is 0 Å². The van der Waals surface area contributed by atoms with Crippen molar-refractivity contribution >= 4 is 16.6 Å². The Morgan fingerprint density at radius 2 is 2.24 bits per heavy atom. The van der Waals surface area contributed by atoms with E-state index in [2.05, 4.69) is 15.3 Å². The summed E-state index contributed by atoms with van der Waals surface area (Å²) in [6, 6.07) is 1.78. The fourth-order valence-electron chi connectivity index (χ4n) is 1.34. The number of nitrogens with one attached hydrogen (secondary N) is 1. The van der Waals surface area contributed by atoms with Gasteiger partial charge in [-0.25, -0.2) is 4.98 Å². The lowest BCUT2D eigenvalue weighted by Crippen LogP contribution is -2.08. The molecule has 1 rings (SSSR count). The summed E-state index contributed by atoms with van der Waals surface area (Å²) in [5, 5.41) is 3.17. The molecule has 0 fully saturated rings. The quantitative estimate of drug-likeness (QED) is 0.747. The second-order valence-electron chi connectivity index (χ2n) is 3.63. The van der Waals surface area contributed by atoms with E-state index in [4.69, 9.17) is 4.74 Å². The monoisotopic (exact) mass is 257 g/mol. The number of ether oxygens (including phenoxy) is 1. The van der Waals surface area contributed by atoms with Gasteiger partial charge in [0, 0.05) is 35.4 Å². The predicted molar refractivity (Wildman–Crippen MR) is 70.0 cm³/mol. The molecule has 1 atom stereocenters. The summed E-state index contributed by atoms with van der Waals surface area (Å²) >= 11 is 0. The summed E-state index contributed by atoms with van der Waals surface area (Å²) in [5.74, 6) is 2.72. The van der Waals surface area contributed by atoms with Crippen molar-refractivity contribution in [2.24, 2.45) is 0 Å². The fraction of sp³-hybridized carbons (Fsp3) is 0.636. The number of rotatable bonds is 7. The highest BCUT2D eigenvalue weighted by Gasteiger charge is 2.02. The Kier molecular flexibility index (Phi) is 5.90. The van der Waals surface area contributed by atoms with Crippen molar-refractivity contribution in [2.75, 3.05) is 30.5 Å². The van der Waals surface area contributed by atoms with Gasteiger partial charge in [-0.15, -0.1) is 0 Å². The Morgan fingerprint density at radius 3 is 2.88 bits per heavy atom. The second-order valence-corrected chi connectivity index (χ2v) is 5.18. The molecule has 1 N–H and O–H groups in total. The van der Waals surface area contributed by atoms with Crippen LogP contribution in [0.4, 0.5) is 5.82 Å². The van der Waals surface area contributed by atoms with Crippen molar-refractivity contribution in [2.45, 2.75) is 20.3 Å². The Balaban J connectivity index is 2.49. The van der Waals surface area contributed by atoms with Crippen LogP contribution in [0, 0.1) is 6.92 Å². The molecule has 0 saturated heterocycles. The van der Waals surface area contributed by atoms with Gasteiger partial charge in [-0.2, -0.15) is 4.98 Å². The summed E-state index contributed by atoms with van der Waals surface area (Å²) in [5.41, 5.74) is 0. The maximum atomic E-state index is 10.9. The average molecular weight is 257 g/mol. The van der Waals surface area contributed by atoms with Gasteiger partial charge < -0.3 is 10.1 Å². The van der Waals surface area contributed by atoms with Gasteiger partial charge in [-0.3, -0.25) is 4.21 Å². The molecule has 0 saturated carbocycles. The van der Waals surface area contributed by atoms with Gasteiger partial charge in [0.2, 0.25) is 5.88 Å². The maximum Gasteiger partial charge on any atom is 0.218 e. The molecule has 6 heteroatoms. The first-order chi connectivity index (χ1) is 8.11. The van der Waals surface area contributed by atoms with E-state index in [0.29, 0.717) is 24.1 Å². The van der Waals surface area contributed by atoms with Crippen LogP contribution in [0.25, 0.3) is 0 Å². The molecule has 0 aliphatic heterocycles. The van der Waals surface area contributed by atoms with Crippen molar-refractivity contribution in [3.8, 4) is 5.88 Å². The number of hydrogen-bond acceptors (Lipinski definition) is 5. The topological polar surface area (TPSA) is 64.1 Å². The lowest BCUT2D eigenvalue weighted by atomic mass is 10.4. The molecule has 1 aromatic rings. The molecule has 0 aliphatic rings. The van der Waals surface area contributed by atoms with Gasteiger partial charge in [0.25, 0.3) is 0 Å². The Labute approximate surface area is 104 Å². The standard InChI is InChI=1S/C11H19N3O2S/c1-4-16-11-8-10(13-9(2)14-11)12-6-5-7-17(3)15/h8H,4-7H2,1-3H3,(H,12,13,14). The molecule has 0 radical (unpaired) electrons. The van der Waals surface area contributed by atoms with E-state index in [1.807, 2.05) is 13.8 Å². The maximum absolute atomic E-state index is 10.9. The number of aryl methyl sites for hydroxylation is 1. The number of anilines is 1. The van der Waals surface area contributed by atoms with Crippen molar-refractivity contribution in [1.82, 2.24) is 9.97 Å². The first-order valence-corrected chi connectivity index (χ1v) is 7.37. The van der Waals surface area contributed by atoms with Crippen LogP contribution < -0.4 is 10.1 Å². The van der Waals surface area contributed by atoms with E-state index in [-0.39, 0.29) is 0 Å². The highest BCUT2D eigenvalue weighted by molar-refractivity contribution is 7.84. The molecule has 0 aliphatic carbocycles. The zero-order valence-electron chi connectivity index (χ0n) is 10.5. The normalized spacial score (nSPS) is 12.2. The molecule has 0 bridgehead atoms. The Morgan fingerprint density at radius 1 is 1.47 bits per heavy atom. The van der Waals surface area contributed by atoms with Gasteiger partial charge in [0.1, 0.15) is 11.6 Å². The summed E-state index contributed by atoms with van der Waals surface area (Å²) in [7, 11) is -0.733. The number of hydrogen-bond donors (Lipinski definition) is 1. The van der Waals surface area contributed by atoms with Crippen molar-refractivity contribution in [1.29, 1.82) is 0 Å². The van der Waals surface area contributed by atoms with Crippen LogP contribution in [0.1, 0.15) is 19.2 Å².